The number of methoxy groups -OCH3 is 1. The second-order valence-corrected chi connectivity index (χ2v) is 7.96. The van der Waals surface area contributed by atoms with Crippen LogP contribution in [0.1, 0.15) is 11.1 Å². The standard InChI is InChI=1S/C16H16N2O3S2/c1-11-4-3-5-12(8-11)10-23(19,20)18-16-17-14-7-6-13(21-2)9-15(14)22-16/h3-9H,10H2,1-2H3,(H,17,18). The zero-order valence-corrected chi connectivity index (χ0v) is 14.4. The summed E-state index contributed by atoms with van der Waals surface area (Å²) in [7, 11) is -1.91. The van der Waals surface area contributed by atoms with Crippen LogP contribution in [-0.2, 0) is 15.8 Å². The van der Waals surface area contributed by atoms with Gasteiger partial charge in [0, 0.05) is 0 Å². The monoisotopic (exact) mass is 348 g/mol. The van der Waals surface area contributed by atoms with Gasteiger partial charge in [-0.15, -0.1) is 0 Å². The minimum atomic E-state index is -3.50. The predicted molar refractivity (Wildman–Crippen MR) is 93.6 cm³/mol. The molecule has 0 fully saturated rings. The van der Waals surface area contributed by atoms with Crippen LogP contribution in [0.15, 0.2) is 42.5 Å². The lowest BCUT2D eigenvalue weighted by Crippen LogP contribution is -2.14. The van der Waals surface area contributed by atoms with Crippen LogP contribution >= 0.6 is 11.3 Å². The Bertz CT molecular complexity index is 949. The maximum atomic E-state index is 12.3. The van der Waals surface area contributed by atoms with E-state index in [1.54, 1.807) is 19.2 Å². The van der Waals surface area contributed by atoms with Crippen LogP contribution in [0.4, 0.5) is 5.13 Å². The molecule has 0 unspecified atom stereocenters. The molecule has 120 valence electrons. The Morgan fingerprint density at radius 2 is 2.04 bits per heavy atom. The maximum absolute atomic E-state index is 12.3. The van der Waals surface area contributed by atoms with E-state index < -0.39 is 10.0 Å². The molecule has 1 N–H and O–H groups in total. The summed E-state index contributed by atoms with van der Waals surface area (Å²) in [5.41, 5.74) is 2.52. The van der Waals surface area contributed by atoms with E-state index in [1.807, 2.05) is 37.3 Å². The van der Waals surface area contributed by atoms with Crippen LogP contribution in [-0.4, -0.2) is 20.5 Å². The summed E-state index contributed by atoms with van der Waals surface area (Å²) < 4.78 is 33.2. The van der Waals surface area contributed by atoms with E-state index >= 15 is 0 Å². The molecule has 0 aliphatic heterocycles. The number of hydrogen-bond donors (Lipinski definition) is 1. The van der Waals surface area contributed by atoms with E-state index in [-0.39, 0.29) is 5.75 Å². The van der Waals surface area contributed by atoms with Crippen molar-refractivity contribution in [3.8, 4) is 5.75 Å². The third-order valence-corrected chi connectivity index (χ3v) is 5.56. The fraction of sp³-hybridized carbons (Fsp3) is 0.188. The molecule has 2 aromatic carbocycles. The molecule has 0 saturated heterocycles. The molecule has 0 saturated carbocycles. The smallest absolute Gasteiger partial charge is 0.238 e. The third-order valence-electron chi connectivity index (χ3n) is 3.28. The van der Waals surface area contributed by atoms with E-state index in [9.17, 15) is 8.42 Å². The highest BCUT2D eigenvalue weighted by Gasteiger charge is 2.15. The first-order valence-corrected chi connectivity index (χ1v) is 9.43. The normalized spacial score (nSPS) is 11.6. The molecular formula is C16H16N2O3S2. The van der Waals surface area contributed by atoms with E-state index in [1.165, 1.54) is 11.3 Å². The van der Waals surface area contributed by atoms with Gasteiger partial charge in [-0.25, -0.2) is 13.4 Å². The highest BCUT2D eigenvalue weighted by molar-refractivity contribution is 7.92. The highest BCUT2D eigenvalue weighted by atomic mass is 32.2. The summed E-state index contributed by atoms with van der Waals surface area (Å²) in [6, 6.07) is 12.9. The van der Waals surface area contributed by atoms with Gasteiger partial charge in [-0.05, 0) is 30.7 Å². The first-order chi connectivity index (χ1) is 10.9. The van der Waals surface area contributed by atoms with E-state index in [2.05, 4.69) is 9.71 Å². The summed E-state index contributed by atoms with van der Waals surface area (Å²) in [4.78, 5) is 4.31. The van der Waals surface area contributed by atoms with Gasteiger partial charge in [0.05, 0.1) is 23.1 Å². The number of thiazole rings is 1. The van der Waals surface area contributed by atoms with Gasteiger partial charge in [0.25, 0.3) is 0 Å². The second-order valence-electron chi connectivity index (χ2n) is 5.20. The Morgan fingerprint density at radius 1 is 1.22 bits per heavy atom. The first-order valence-electron chi connectivity index (χ1n) is 6.96. The molecule has 3 rings (SSSR count). The number of nitrogens with zero attached hydrogens (tertiary/aromatic N) is 1. The highest BCUT2D eigenvalue weighted by Crippen LogP contribution is 2.29. The molecule has 1 heterocycles. The van der Waals surface area contributed by atoms with Gasteiger partial charge in [0.2, 0.25) is 10.0 Å². The second kappa shape index (κ2) is 6.17. The number of aromatic nitrogens is 1. The Labute approximate surface area is 139 Å². The average Bonchev–Trinajstić information content (AvgIpc) is 2.86. The minimum Gasteiger partial charge on any atom is -0.497 e. The molecule has 5 nitrogen and oxygen atoms in total. The summed E-state index contributed by atoms with van der Waals surface area (Å²) in [6.45, 7) is 1.93. The zero-order valence-electron chi connectivity index (χ0n) is 12.7. The lowest BCUT2D eigenvalue weighted by Gasteiger charge is -2.05. The Hall–Kier alpha value is -2.12. The molecule has 0 atom stereocenters. The Kier molecular flexibility index (Phi) is 4.23. The van der Waals surface area contributed by atoms with Crippen molar-refractivity contribution >= 4 is 36.7 Å². The molecule has 0 aliphatic rings. The van der Waals surface area contributed by atoms with Crippen LogP contribution in [0.25, 0.3) is 10.2 Å². The number of fused-ring (bicyclic) bond motifs is 1. The van der Waals surface area contributed by atoms with Crippen molar-refractivity contribution in [2.75, 3.05) is 11.8 Å². The van der Waals surface area contributed by atoms with Crippen LogP contribution in [0.2, 0.25) is 0 Å². The van der Waals surface area contributed by atoms with Crippen molar-refractivity contribution in [3.05, 3.63) is 53.6 Å². The first kappa shape index (κ1) is 15.8. The van der Waals surface area contributed by atoms with Crippen molar-refractivity contribution in [3.63, 3.8) is 0 Å². The third kappa shape index (κ3) is 3.80. The van der Waals surface area contributed by atoms with Crippen molar-refractivity contribution < 1.29 is 13.2 Å². The van der Waals surface area contributed by atoms with Crippen LogP contribution in [0.5, 0.6) is 5.75 Å². The van der Waals surface area contributed by atoms with E-state index in [0.717, 1.165) is 27.1 Å². The van der Waals surface area contributed by atoms with E-state index in [0.29, 0.717) is 5.13 Å². The number of anilines is 1. The van der Waals surface area contributed by atoms with Crippen LogP contribution < -0.4 is 9.46 Å². The number of sulfonamides is 1. The lowest BCUT2D eigenvalue weighted by molar-refractivity contribution is 0.415. The molecule has 1 aromatic heterocycles. The Morgan fingerprint density at radius 3 is 2.78 bits per heavy atom. The molecule has 0 bridgehead atoms. The fourth-order valence-corrected chi connectivity index (χ4v) is 4.56. The molecule has 7 heteroatoms. The van der Waals surface area contributed by atoms with Crippen molar-refractivity contribution in [1.82, 2.24) is 4.98 Å². The molecule has 0 radical (unpaired) electrons. The molecule has 3 aromatic rings. The largest absolute Gasteiger partial charge is 0.497 e. The fourth-order valence-electron chi connectivity index (χ4n) is 2.27. The van der Waals surface area contributed by atoms with E-state index in [4.69, 9.17) is 4.74 Å². The van der Waals surface area contributed by atoms with Crippen LogP contribution in [0.3, 0.4) is 0 Å². The number of ether oxygens (including phenoxy) is 1. The van der Waals surface area contributed by atoms with Gasteiger partial charge in [-0.1, -0.05) is 41.2 Å². The average molecular weight is 348 g/mol. The van der Waals surface area contributed by atoms with Gasteiger partial charge in [-0.3, -0.25) is 4.72 Å². The summed E-state index contributed by atoms with van der Waals surface area (Å²) in [5.74, 6) is 0.642. The topological polar surface area (TPSA) is 68.3 Å². The van der Waals surface area contributed by atoms with Gasteiger partial charge in [0.15, 0.2) is 5.13 Å². The molecule has 0 spiro atoms. The van der Waals surface area contributed by atoms with Gasteiger partial charge in [0.1, 0.15) is 5.75 Å². The van der Waals surface area contributed by atoms with Crippen molar-refractivity contribution in [2.45, 2.75) is 12.7 Å². The number of benzene rings is 2. The number of rotatable bonds is 5. The molecule has 23 heavy (non-hydrogen) atoms. The van der Waals surface area contributed by atoms with Gasteiger partial charge in [-0.2, -0.15) is 0 Å². The summed E-state index contributed by atoms with van der Waals surface area (Å²) in [6.07, 6.45) is 0. The number of aryl methyl sites for hydroxylation is 1. The number of nitrogens with one attached hydrogen (secondary N) is 1. The number of hydrogen-bond acceptors (Lipinski definition) is 5. The van der Waals surface area contributed by atoms with Gasteiger partial charge >= 0.3 is 0 Å². The van der Waals surface area contributed by atoms with Crippen LogP contribution in [0, 0.1) is 6.92 Å². The summed E-state index contributed by atoms with van der Waals surface area (Å²) >= 11 is 1.29. The predicted octanol–water partition coefficient (Wildman–Crippen LogP) is 3.56. The quantitative estimate of drug-likeness (QED) is 0.765. The van der Waals surface area contributed by atoms with Crippen molar-refractivity contribution in [2.24, 2.45) is 0 Å². The molecule has 0 aliphatic carbocycles. The van der Waals surface area contributed by atoms with Crippen molar-refractivity contribution in [1.29, 1.82) is 0 Å². The summed E-state index contributed by atoms with van der Waals surface area (Å²) in [5, 5.41) is 0.362. The lowest BCUT2D eigenvalue weighted by atomic mass is 10.2. The Balaban J connectivity index is 1.82. The SMILES string of the molecule is COc1ccc2nc(NS(=O)(=O)Cc3cccc(C)c3)sc2c1. The maximum Gasteiger partial charge on any atom is 0.238 e. The zero-order chi connectivity index (χ0) is 16.4. The molecular weight excluding hydrogens is 332 g/mol. The molecule has 0 amide bonds. The minimum absolute atomic E-state index is 0.0755. The van der Waals surface area contributed by atoms with Gasteiger partial charge < -0.3 is 4.74 Å².